The van der Waals surface area contributed by atoms with Gasteiger partial charge in [0.05, 0.1) is 12.3 Å². The van der Waals surface area contributed by atoms with E-state index >= 15 is 0 Å². The molecule has 24 heavy (non-hydrogen) atoms. The van der Waals surface area contributed by atoms with Crippen LogP contribution in [0.5, 0.6) is 0 Å². The van der Waals surface area contributed by atoms with Crippen LogP contribution in [-0.2, 0) is 4.79 Å². The van der Waals surface area contributed by atoms with Gasteiger partial charge in [0.25, 0.3) is 5.91 Å². The Kier molecular flexibility index (Phi) is 7.06. The Labute approximate surface area is 149 Å². The quantitative estimate of drug-likeness (QED) is 0.670. The lowest BCUT2D eigenvalue weighted by Crippen LogP contribution is -2.29. The lowest BCUT2D eigenvalue weighted by molar-refractivity contribution is -0.122. The normalized spacial score (nSPS) is 11.8. The van der Waals surface area contributed by atoms with Gasteiger partial charge in [-0.05, 0) is 42.7 Å². The molecule has 128 valence electrons. The lowest BCUT2D eigenvalue weighted by atomic mass is 10.0. The van der Waals surface area contributed by atoms with Gasteiger partial charge in [-0.25, -0.2) is 0 Å². The van der Waals surface area contributed by atoms with Crippen molar-refractivity contribution >= 4 is 27.7 Å². The van der Waals surface area contributed by atoms with Crippen molar-refractivity contribution in [2.24, 2.45) is 0 Å². The minimum atomic E-state index is -0.262. The number of furan rings is 1. The summed E-state index contributed by atoms with van der Waals surface area (Å²) in [7, 11) is 0. The van der Waals surface area contributed by atoms with E-state index in [2.05, 4.69) is 26.6 Å². The monoisotopic (exact) mass is 392 g/mol. The average molecular weight is 393 g/mol. The van der Waals surface area contributed by atoms with E-state index < -0.39 is 0 Å². The number of carbonyl (C=O) groups is 2. The molecule has 0 aliphatic rings. The van der Waals surface area contributed by atoms with E-state index in [1.807, 2.05) is 31.2 Å². The number of nitrogens with one attached hydrogen (secondary N) is 2. The van der Waals surface area contributed by atoms with Crippen molar-refractivity contribution in [1.29, 1.82) is 0 Å². The van der Waals surface area contributed by atoms with Crippen molar-refractivity contribution in [3.05, 3.63) is 58.5 Å². The molecule has 2 N–H and O–H groups in total. The van der Waals surface area contributed by atoms with Crippen LogP contribution in [0.15, 0.2) is 51.6 Å². The van der Waals surface area contributed by atoms with Crippen molar-refractivity contribution in [2.45, 2.75) is 32.2 Å². The molecule has 2 aromatic rings. The molecule has 0 saturated heterocycles. The first-order chi connectivity index (χ1) is 11.6. The van der Waals surface area contributed by atoms with Gasteiger partial charge in [0.15, 0.2) is 5.76 Å². The van der Waals surface area contributed by atoms with E-state index in [4.69, 9.17) is 4.42 Å². The van der Waals surface area contributed by atoms with Gasteiger partial charge in [-0.15, -0.1) is 0 Å². The van der Waals surface area contributed by atoms with Crippen LogP contribution in [0.4, 0.5) is 0 Å². The highest BCUT2D eigenvalue weighted by Crippen LogP contribution is 2.19. The summed E-state index contributed by atoms with van der Waals surface area (Å²) >= 11 is 3.41. The smallest absolute Gasteiger partial charge is 0.286 e. The molecule has 2 rings (SSSR count). The largest absolute Gasteiger partial charge is 0.459 e. The molecule has 1 aromatic heterocycles. The lowest BCUT2D eigenvalue weighted by Gasteiger charge is -2.17. The first-order valence-corrected chi connectivity index (χ1v) is 8.76. The van der Waals surface area contributed by atoms with Crippen LogP contribution in [0, 0.1) is 0 Å². The van der Waals surface area contributed by atoms with Gasteiger partial charge in [-0.2, -0.15) is 0 Å². The van der Waals surface area contributed by atoms with E-state index in [0.29, 0.717) is 19.4 Å². The second-order valence-electron chi connectivity index (χ2n) is 5.42. The van der Waals surface area contributed by atoms with E-state index in [-0.39, 0.29) is 23.6 Å². The summed E-state index contributed by atoms with van der Waals surface area (Å²) in [5, 5.41) is 5.76. The third kappa shape index (κ3) is 5.53. The second-order valence-corrected chi connectivity index (χ2v) is 6.33. The minimum absolute atomic E-state index is 0.00306. The summed E-state index contributed by atoms with van der Waals surface area (Å²) < 4.78 is 6.02. The molecule has 0 spiro atoms. The number of hydrogen-bond donors (Lipinski definition) is 2. The molecule has 5 nitrogen and oxygen atoms in total. The second kappa shape index (κ2) is 9.27. The van der Waals surface area contributed by atoms with E-state index in [1.54, 1.807) is 12.1 Å². The molecule has 0 saturated carbocycles. The zero-order valence-electron chi connectivity index (χ0n) is 13.5. The van der Waals surface area contributed by atoms with Gasteiger partial charge in [-0.3, -0.25) is 9.59 Å². The van der Waals surface area contributed by atoms with Gasteiger partial charge in [-0.1, -0.05) is 35.0 Å². The number of halogens is 1. The highest BCUT2D eigenvalue weighted by Gasteiger charge is 2.13. The van der Waals surface area contributed by atoms with Gasteiger partial charge in [0.1, 0.15) is 0 Å². The van der Waals surface area contributed by atoms with Crippen molar-refractivity contribution in [2.75, 3.05) is 6.54 Å². The Hall–Kier alpha value is -2.08. The Morgan fingerprint density at radius 2 is 1.96 bits per heavy atom. The Morgan fingerprint density at radius 1 is 1.21 bits per heavy atom. The number of rotatable bonds is 8. The summed E-state index contributed by atoms with van der Waals surface area (Å²) in [5.41, 5.74) is 1.08. The van der Waals surface area contributed by atoms with E-state index in [0.717, 1.165) is 16.5 Å². The molecule has 0 bridgehead atoms. The number of carbonyl (C=O) groups excluding carboxylic acids is 2. The van der Waals surface area contributed by atoms with Crippen LogP contribution < -0.4 is 10.6 Å². The molecule has 2 amide bonds. The zero-order valence-corrected chi connectivity index (χ0v) is 15.1. The molecule has 0 aliphatic heterocycles. The van der Waals surface area contributed by atoms with E-state index in [1.165, 1.54) is 6.26 Å². The SMILES string of the molecule is CCC(NC(=O)CCCNC(=O)c1ccco1)c1ccc(Br)cc1. The summed E-state index contributed by atoms with van der Waals surface area (Å²) in [6.45, 7) is 2.47. The molecule has 0 aliphatic carbocycles. The fourth-order valence-corrected chi connectivity index (χ4v) is 2.59. The summed E-state index contributed by atoms with van der Waals surface area (Å²) in [6.07, 6.45) is 3.22. The summed E-state index contributed by atoms with van der Waals surface area (Å²) in [5.74, 6) is -0.000501. The van der Waals surface area contributed by atoms with Gasteiger partial charge >= 0.3 is 0 Å². The molecule has 1 atom stereocenters. The van der Waals surface area contributed by atoms with Crippen molar-refractivity contribution in [3.8, 4) is 0 Å². The molecular weight excluding hydrogens is 372 g/mol. The number of amides is 2. The maximum absolute atomic E-state index is 12.1. The Morgan fingerprint density at radius 3 is 2.58 bits per heavy atom. The first kappa shape index (κ1) is 18.3. The predicted molar refractivity (Wildman–Crippen MR) is 95.6 cm³/mol. The fourth-order valence-electron chi connectivity index (χ4n) is 2.33. The van der Waals surface area contributed by atoms with Crippen molar-refractivity contribution in [3.63, 3.8) is 0 Å². The maximum Gasteiger partial charge on any atom is 0.286 e. The first-order valence-electron chi connectivity index (χ1n) is 7.96. The Balaban J connectivity index is 1.72. The van der Waals surface area contributed by atoms with Crippen molar-refractivity contribution in [1.82, 2.24) is 10.6 Å². The maximum atomic E-state index is 12.1. The molecule has 0 radical (unpaired) electrons. The van der Waals surface area contributed by atoms with Crippen LogP contribution in [0.1, 0.15) is 48.3 Å². The third-order valence-electron chi connectivity index (χ3n) is 3.63. The number of benzene rings is 1. The summed E-state index contributed by atoms with van der Waals surface area (Å²) in [4.78, 5) is 23.8. The van der Waals surface area contributed by atoms with Gasteiger partial charge in [0, 0.05) is 17.4 Å². The molecular formula is C18H21BrN2O3. The zero-order chi connectivity index (χ0) is 17.4. The highest BCUT2D eigenvalue weighted by molar-refractivity contribution is 9.10. The van der Waals surface area contributed by atoms with Crippen LogP contribution >= 0.6 is 15.9 Å². The standard InChI is InChI=1S/C18H21BrN2O3/c1-2-15(13-7-9-14(19)10-8-13)21-17(22)6-3-11-20-18(23)16-5-4-12-24-16/h4-5,7-10,12,15H,2-3,6,11H2,1H3,(H,20,23)(H,21,22). The molecule has 1 aromatic carbocycles. The van der Waals surface area contributed by atoms with Gasteiger partial charge < -0.3 is 15.1 Å². The minimum Gasteiger partial charge on any atom is -0.459 e. The van der Waals surface area contributed by atoms with Gasteiger partial charge in [0.2, 0.25) is 5.91 Å². The predicted octanol–water partition coefficient (Wildman–Crippen LogP) is 3.82. The van der Waals surface area contributed by atoms with Crippen LogP contribution in [0.3, 0.4) is 0 Å². The summed E-state index contributed by atoms with van der Waals surface area (Å²) in [6, 6.07) is 11.2. The Bertz CT molecular complexity index is 653. The van der Waals surface area contributed by atoms with E-state index in [9.17, 15) is 9.59 Å². The average Bonchev–Trinajstić information content (AvgIpc) is 3.12. The molecule has 6 heteroatoms. The van der Waals surface area contributed by atoms with Crippen LogP contribution in [-0.4, -0.2) is 18.4 Å². The molecule has 1 heterocycles. The topological polar surface area (TPSA) is 71.3 Å². The third-order valence-corrected chi connectivity index (χ3v) is 4.16. The fraction of sp³-hybridized carbons (Fsp3) is 0.333. The van der Waals surface area contributed by atoms with Crippen LogP contribution in [0.2, 0.25) is 0 Å². The van der Waals surface area contributed by atoms with Crippen molar-refractivity contribution < 1.29 is 14.0 Å². The number of hydrogen-bond acceptors (Lipinski definition) is 3. The molecule has 0 fully saturated rings. The highest BCUT2D eigenvalue weighted by atomic mass is 79.9. The molecule has 1 unspecified atom stereocenters. The van der Waals surface area contributed by atoms with Crippen LogP contribution in [0.25, 0.3) is 0 Å².